The van der Waals surface area contributed by atoms with Crippen molar-refractivity contribution in [3.8, 4) is 0 Å². The van der Waals surface area contributed by atoms with Crippen molar-refractivity contribution in [3.05, 3.63) is 4.91 Å². The summed E-state index contributed by atoms with van der Waals surface area (Å²) in [5.74, 6) is 0. The van der Waals surface area contributed by atoms with Crippen molar-refractivity contribution < 1.29 is 29.5 Å². The van der Waals surface area contributed by atoms with Gasteiger partial charge in [0.05, 0.1) is 0 Å². The minimum atomic E-state index is -4.64. The van der Waals surface area contributed by atoms with Gasteiger partial charge in [-0.3, -0.25) is 0 Å². The van der Waals surface area contributed by atoms with Crippen molar-refractivity contribution in [3.63, 3.8) is 0 Å². The maximum absolute atomic E-state index is 8.88. The molecule has 8 nitrogen and oxygen atoms in total. The Morgan fingerprint density at radius 3 is 1.44 bits per heavy atom. The van der Waals surface area contributed by atoms with Crippen LogP contribution in [0.15, 0.2) is 5.34 Å². The van der Waals surface area contributed by atoms with Gasteiger partial charge in [0.2, 0.25) is 0 Å². The Hall–Kier alpha value is -0.530. The zero-order valence-corrected chi connectivity index (χ0v) is 4.80. The molecule has 0 spiro atoms. The summed E-state index contributed by atoms with van der Waals surface area (Å²) in [5.41, 5.74) is 0. The standard InChI is InChI=1S/HNO3.H3O4P/c2-1-4-3;1-5(2,3)4/h3H;(H3,1,2,3,4). The van der Waals surface area contributed by atoms with Crippen molar-refractivity contribution in [2.24, 2.45) is 5.34 Å². The fraction of sp³-hybridized carbons (Fsp3) is 0. The lowest BCUT2D eigenvalue weighted by Gasteiger charge is -1.82. The second kappa shape index (κ2) is 5.60. The SMILES string of the molecule is O=NOO.O=P(O)(O)O. The van der Waals surface area contributed by atoms with Gasteiger partial charge in [0.1, 0.15) is 0 Å². The van der Waals surface area contributed by atoms with Crippen molar-refractivity contribution >= 4 is 7.82 Å². The Morgan fingerprint density at radius 1 is 1.33 bits per heavy atom. The quantitative estimate of drug-likeness (QED) is 0.171. The number of nitrogens with zero attached hydrogens (tertiary/aromatic N) is 1. The molecule has 56 valence electrons. The summed E-state index contributed by atoms with van der Waals surface area (Å²) in [6.45, 7) is 0. The van der Waals surface area contributed by atoms with Crippen LogP contribution in [0, 0.1) is 4.91 Å². The van der Waals surface area contributed by atoms with Crippen LogP contribution in [0.4, 0.5) is 0 Å². The first-order valence-electron chi connectivity index (χ1n) is 1.33. The second-order valence-corrected chi connectivity index (χ2v) is 1.70. The molecule has 0 unspecified atom stereocenters. The molecule has 0 aliphatic rings. The van der Waals surface area contributed by atoms with Crippen LogP contribution in [-0.2, 0) is 9.55 Å². The summed E-state index contributed by atoms with van der Waals surface area (Å²) in [4.78, 5) is 32.6. The molecule has 0 saturated heterocycles. The molecule has 0 radical (unpaired) electrons. The second-order valence-electron chi connectivity index (χ2n) is 0.669. The molecule has 9 heavy (non-hydrogen) atoms. The third-order valence-electron chi connectivity index (χ3n) is 0.0333. The maximum Gasteiger partial charge on any atom is 0.466 e. The number of hydrogen-bond donors (Lipinski definition) is 4. The van der Waals surface area contributed by atoms with Crippen LogP contribution in [-0.4, -0.2) is 19.9 Å². The van der Waals surface area contributed by atoms with Crippen LogP contribution < -0.4 is 0 Å². The van der Waals surface area contributed by atoms with E-state index in [9.17, 15) is 0 Å². The smallest absolute Gasteiger partial charge is 0.303 e. The fourth-order valence-electron chi connectivity index (χ4n) is 0. The van der Waals surface area contributed by atoms with Gasteiger partial charge in [-0.15, -0.1) is 4.91 Å². The molecule has 0 aromatic carbocycles. The topological polar surface area (TPSA) is 137 Å². The van der Waals surface area contributed by atoms with E-state index in [4.69, 9.17) is 29.4 Å². The van der Waals surface area contributed by atoms with Gasteiger partial charge in [0, 0.05) is 0 Å². The Kier molecular flexibility index (Phi) is 7.03. The fourth-order valence-corrected chi connectivity index (χ4v) is 0. The molecule has 0 atom stereocenters. The molecule has 0 aliphatic heterocycles. The Balaban J connectivity index is 0. The van der Waals surface area contributed by atoms with Gasteiger partial charge in [-0.2, -0.15) is 10.2 Å². The molecule has 0 aromatic heterocycles. The van der Waals surface area contributed by atoms with Gasteiger partial charge in [0.25, 0.3) is 0 Å². The Bertz CT molecular complexity index is 93.2. The highest BCUT2D eigenvalue weighted by atomic mass is 31.2. The highest BCUT2D eigenvalue weighted by molar-refractivity contribution is 7.45. The van der Waals surface area contributed by atoms with E-state index in [0.29, 0.717) is 0 Å². The molecule has 0 heterocycles. The van der Waals surface area contributed by atoms with Gasteiger partial charge < -0.3 is 14.7 Å². The molecule has 0 aromatic rings. The van der Waals surface area contributed by atoms with Gasteiger partial charge in [0.15, 0.2) is 5.34 Å². The van der Waals surface area contributed by atoms with Gasteiger partial charge >= 0.3 is 7.82 Å². The van der Waals surface area contributed by atoms with E-state index in [0.717, 1.165) is 0 Å². The lowest BCUT2D eigenvalue weighted by Crippen LogP contribution is -1.66. The first kappa shape index (κ1) is 11.3. The number of phosphoric acid groups is 1. The largest absolute Gasteiger partial charge is 0.466 e. The van der Waals surface area contributed by atoms with E-state index in [2.05, 4.69) is 4.99 Å². The molecule has 9 heteroatoms. The minimum absolute atomic E-state index is 1.54. The summed E-state index contributed by atoms with van der Waals surface area (Å²) in [6, 6.07) is 0. The zero-order valence-electron chi connectivity index (χ0n) is 3.91. The van der Waals surface area contributed by atoms with Crippen LogP contribution in [0.2, 0.25) is 0 Å². The van der Waals surface area contributed by atoms with Crippen molar-refractivity contribution in [2.75, 3.05) is 0 Å². The lowest BCUT2D eigenvalue weighted by molar-refractivity contribution is -0.245. The summed E-state index contributed by atoms with van der Waals surface area (Å²) < 4.78 is 8.88. The average molecular weight is 161 g/mol. The van der Waals surface area contributed by atoms with Crippen LogP contribution in [0.5, 0.6) is 0 Å². The summed E-state index contributed by atoms with van der Waals surface area (Å²) in [5, 5.41) is 8.44. The zero-order chi connectivity index (χ0) is 7.91. The van der Waals surface area contributed by atoms with Crippen LogP contribution >= 0.6 is 7.82 Å². The molecule has 0 fully saturated rings. The molecule has 0 bridgehead atoms. The summed E-state index contributed by atoms with van der Waals surface area (Å²) in [7, 11) is -4.64. The predicted molar refractivity (Wildman–Crippen MR) is 23.8 cm³/mol. The van der Waals surface area contributed by atoms with E-state index < -0.39 is 7.82 Å². The Labute approximate surface area is 48.8 Å². The monoisotopic (exact) mass is 161 g/mol. The van der Waals surface area contributed by atoms with Crippen LogP contribution in [0.1, 0.15) is 0 Å². The lowest BCUT2D eigenvalue weighted by atomic mass is 13.4. The first-order valence-corrected chi connectivity index (χ1v) is 2.90. The van der Waals surface area contributed by atoms with E-state index >= 15 is 0 Å². The van der Waals surface area contributed by atoms with Gasteiger partial charge in [-0.05, 0) is 0 Å². The normalized spacial score (nSPS) is 8.89. The maximum atomic E-state index is 8.88. The molecule has 0 aliphatic carbocycles. The highest BCUT2D eigenvalue weighted by Crippen LogP contribution is 2.25. The number of hydrogen-bond acceptors (Lipinski definition) is 5. The van der Waals surface area contributed by atoms with Gasteiger partial charge in [-0.1, -0.05) is 0 Å². The van der Waals surface area contributed by atoms with E-state index in [-0.39, 0.29) is 0 Å². The van der Waals surface area contributed by atoms with Crippen molar-refractivity contribution in [1.29, 1.82) is 0 Å². The van der Waals surface area contributed by atoms with Crippen molar-refractivity contribution in [2.45, 2.75) is 0 Å². The van der Waals surface area contributed by atoms with E-state index in [1.165, 1.54) is 0 Å². The predicted octanol–water partition coefficient (Wildman–Crippen LogP) is -0.771. The highest BCUT2D eigenvalue weighted by Gasteiger charge is 2.00. The van der Waals surface area contributed by atoms with Crippen molar-refractivity contribution in [1.82, 2.24) is 0 Å². The van der Waals surface area contributed by atoms with Crippen LogP contribution in [0.25, 0.3) is 0 Å². The average Bonchev–Trinajstić information content (AvgIpc) is 1.61. The first-order chi connectivity index (χ1) is 3.91. The third kappa shape index (κ3) is 1010. The minimum Gasteiger partial charge on any atom is -0.303 e. The molecule has 0 rings (SSSR count). The summed E-state index contributed by atoms with van der Waals surface area (Å²) >= 11 is 0. The molecule has 4 N–H and O–H groups in total. The molecular weight excluding hydrogens is 157 g/mol. The third-order valence-corrected chi connectivity index (χ3v) is 0.0333. The Morgan fingerprint density at radius 2 is 1.44 bits per heavy atom. The number of rotatable bonds is 1. The van der Waals surface area contributed by atoms with Gasteiger partial charge in [-0.25, -0.2) is 4.57 Å². The molecular formula is H4NO7P. The summed E-state index contributed by atoms with van der Waals surface area (Å²) in [6.07, 6.45) is 0. The molecule has 0 amide bonds. The van der Waals surface area contributed by atoms with E-state index in [1.807, 2.05) is 0 Å². The van der Waals surface area contributed by atoms with Crippen LogP contribution in [0.3, 0.4) is 0 Å². The molecule has 0 saturated carbocycles. The van der Waals surface area contributed by atoms with E-state index in [1.54, 1.807) is 5.34 Å².